The second-order valence-electron chi connectivity index (χ2n) is 3.75. The number of anilines is 1. The Morgan fingerprint density at radius 3 is 2.50 bits per heavy atom. The quantitative estimate of drug-likeness (QED) is 0.900. The molecule has 0 radical (unpaired) electrons. The van der Waals surface area contributed by atoms with E-state index in [1.165, 1.54) is 12.1 Å². The standard InChI is InChI=1S/C12H10F3N3/c1-8-2-3-9(5-16)4-11(8)18-7-10(6-17)12(13,14)15/h2-4,10,18H,7H2,1H3. The zero-order valence-electron chi connectivity index (χ0n) is 9.54. The van der Waals surface area contributed by atoms with E-state index in [2.05, 4.69) is 5.32 Å². The molecule has 1 N–H and O–H groups in total. The first-order chi connectivity index (χ1) is 8.38. The largest absolute Gasteiger partial charge is 0.406 e. The van der Waals surface area contributed by atoms with E-state index >= 15 is 0 Å². The lowest BCUT2D eigenvalue weighted by Gasteiger charge is -2.16. The summed E-state index contributed by atoms with van der Waals surface area (Å²) < 4.78 is 37.1. The summed E-state index contributed by atoms with van der Waals surface area (Å²) in [7, 11) is 0. The topological polar surface area (TPSA) is 59.6 Å². The van der Waals surface area contributed by atoms with Crippen LogP contribution >= 0.6 is 0 Å². The summed E-state index contributed by atoms with van der Waals surface area (Å²) >= 11 is 0. The van der Waals surface area contributed by atoms with E-state index in [0.717, 1.165) is 0 Å². The highest BCUT2D eigenvalue weighted by atomic mass is 19.4. The number of benzene rings is 1. The van der Waals surface area contributed by atoms with Crippen molar-refractivity contribution >= 4 is 5.69 Å². The van der Waals surface area contributed by atoms with Crippen molar-refractivity contribution in [2.75, 3.05) is 11.9 Å². The number of rotatable bonds is 3. The number of hydrogen-bond donors (Lipinski definition) is 1. The zero-order chi connectivity index (χ0) is 13.8. The van der Waals surface area contributed by atoms with Crippen molar-refractivity contribution in [1.29, 1.82) is 10.5 Å². The highest BCUT2D eigenvalue weighted by molar-refractivity contribution is 5.55. The van der Waals surface area contributed by atoms with Gasteiger partial charge in [0.1, 0.15) is 0 Å². The molecule has 0 aliphatic rings. The first-order valence-corrected chi connectivity index (χ1v) is 5.09. The Kier molecular flexibility index (Phi) is 4.17. The number of nitrogens with one attached hydrogen (secondary N) is 1. The predicted octanol–water partition coefficient (Wildman–Crippen LogP) is 2.98. The van der Waals surface area contributed by atoms with E-state index in [1.54, 1.807) is 19.1 Å². The zero-order valence-corrected chi connectivity index (χ0v) is 9.54. The van der Waals surface area contributed by atoms with E-state index in [9.17, 15) is 13.2 Å². The normalized spacial score (nSPS) is 12.3. The minimum atomic E-state index is -4.55. The van der Waals surface area contributed by atoms with Gasteiger partial charge in [0, 0.05) is 12.2 Å². The van der Waals surface area contributed by atoms with Crippen LogP contribution < -0.4 is 5.32 Å². The lowest BCUT2D eigenvalue weighted by Crippen LogP contribution is -2.28. The molecule has 18 heavy (non-hydrogen) atoms. The number of hydrogen-bond acceptors (Lipinski definition) is 3. The van der Waals surface area contributed by atoms with Crippen LogP contribution in [0.4, 0.5) is 18.9 Å². The van der Waals surface area contributed by atoms with Gasteiger partial charge in [-0.2, -0.15) is 23.7 Å². The van der Waals surface area contributed by atoms with Gasteiger partial charge >= 0.3 is 6.18 Å². The molecule has 94 valence electrons. The molecule has 6 heteroatoms. The van der Waals surface area contributed by atoms with Crippen LogP contribution in [0, 0.1) is 35.5 Å². The van der Waals surface area contributed by atoms with Gasteiger partial charge in [-0.1, -0.05) is 6.07 Å². The molecule has 0 saturated heterocycles. The molecule has 0 bridgehead atoms. The molecule has 0 aliphatic heterocycles. The average Bonchev–Trinajstić information content (AvgIpc) is 2.30. The van der Waals surface area contributed by atoms with Gasteiger partial charge in [-0.25, -0.2) is 0 Å². The molecule has 0 heterocycles. The molecule has 0 aromatic heterocycles. The average molecular weight is 253 g/mol. The highest BCUT2D eigenvalue weighted by Crippen LogP contribution is 2.26. The third-order valence-corrected chi connectivity index (χ3v) is 2.41. The second kappa shape index (κ2) is 5.42. The molecular formula is C12H10F3N3. The lowest BCUT2D eigenvalue weighted by molar-refractivity contribution is -0.155. The van der Waals surface area contributed by atoms with E-state index in [1.807, 2.05) is 6.07 Å². The summed E-state index contributed by atoms with van der Waals surface area (Å²) in [6.07, 6.45) is -4.55. The summed E-state index contributed by atoms with van der Waals surface area (Å²) in [6, 6.07) is 7.78. The van der Waals surface area contributed by atoms with E-state index in [-0.39, 0.29) is 0 Å². The van der Waals surface area contributed by atoms with Crippen LogP contribution in [0.5, 0.6) is 0 Å². The molecule has 1 unspecified atom stereocenters. The van der Waals surface area contributed by atoms with Crippen molar-refractivity contribution in [3.05, 3.63) is 29.3 Å². The third kappa shape index (κ3) is 3.39. The van der Waals surface area contributed by atoms with Gasteiger partial charge in [0.2, 0.25) is 0 Å². The number of nitrogens with zero attached hydrogens (tertiary/aromatic N) is 2. The van der Waals surface area contributed by atoms with Crippen LogP contribution in [0.25, 0.3) is 0 Å². The minimum absolute atomic E-state index is 0.351. The molecule has 0 spiro atoms. The summed E-state index contributed by atoms with van der Waals surface area (Å²) in [5.41, 5.74) is 1.50. The van der Waals surface area contributed by atoms with Gasteiger partial charge in [-0.3, -0.25) is 0 Å². The molecule has 1 atom stereocenters. The van der Waals surface area contributed by atoms with Crippen LogP contribution in [0.15, 0.2) is 18.2 Å². The first-order valence-electron chi connectivity index (χ1n) is 5.09. The van der Waals surface area contributed by atoms with Gasteiger partial charge in [0.25, 0.3) is 0 Å². The van der Waals surface area contributed by atoms with Gasteiger partial charge < -0.3 is 5.32 Å². The summed E-state index contributed by atoms with van der Waals surface area (Å²) in [5, 5.41) is 19.7. The molecule has 1 aromatic carbocycles. The molecule has 3 nitrogen and oxygen atoms in total. The van der Waals surface area contributed by atoms with Crippen LogP contribution in [0.2, 0.25) is 0 Å². The fourth-order valence-corrected chi connectivity index (χ4v) is 1.33. The SMILES string of the molecule is Cc1ccc(C#N)cc1NCC(C#N)C(F)(F)F. The van der Waals surface area contributed by atoms with Crippen molar-refractivity contribution < 1.29 is 13.2 Å². The Hall–Kier alpha value is -2.21. The van der Waals surface area contributed by atoms with Crippen LogP contribution in [-0.4, -0.2) is 12.7 Å². The fraction of sp³-hybridized carbons (Fsp3) is 0.333. The van der Waals surface area contributed by atoms with Crippen LogP contribution in [-0.2, 0) is 0 Å². The fourth-order valence-electron chi connectivity index (χ4n) is 1.33. The third-order valence-electron chi connectivity index (χ3n) is 2.41. The molecule has 0 amide bonds. The van der Waals surface area contributed by atoms with Crippen molar-refractivity contribution in [1.82, 2.24) is 0 Å². The van der Waals surface area contributed by atoms with Crippen molar-refractivity contribution in [2.24, 2.45) is 5.92 Å². The number of alkyl halides is 3. The number of halogens is 3. The Bertz CT molecular complexity index is 509. The highest BCUT2D eigenvalue weighted by Gasteiger charge is 2.39. The maximum absolute atomic E-state index is 12.4. The van der Waals surface area contributed by atoms with Crippen molar-refractivity contribution in [3.8, 4) is 12.1 Å². The van der Waals surface area contributed by atoms with Gasteiger partial charge in [-0.05, 0) is 24.6 Å². The van der Waals surface area contributed by atoms with Crippen molar-refractivity contribution in [2.45, 2.75) is 13.1 Å². The predicted molar refractivity (Wildman–Crippen MR) is 59.5 cm³/mol. The Morgan fingerprint density at radius 1 is 1.33 bits per heavy atom. The van der Waals surface area contributed by atoms with E-state index < -0.39 is 18.6 Å². The lowest BCUT2D eigenvalue weighted by atomic mass is 10.1. The molecule has 0 fully saturated rings. The Labute approximate surface area is 102 Å². The number of nitriles is 2. The van der Waals surface area contributed by atoms with Crippen LogP contribution in [0.1, 0.15) is 11.1 Å². The Balaban J connectivity index is 2.81. The Morgan fingerprint density at radius 2 is 2.00 bits per heavy atom. The molecule has 0 aliphatic carbocycles. The first kappa shape index (κ1) is 13.9. The van der Waals surface area contributed by atoms with Gasteiger partial charge in [-0.15, -0.1) is 0 Å². The molecule has 1 aromatic rings. The smallest absolute Gasteiger partial charge is 0.383 e. The van der Waals surface area contributed by atoms with E-state index in [4.69, 9.17) is 10.5 Å². The monoisotopic (exact) mass is 253 g/mol. The minimum Gasteiger partial charge on any atom is -0.383 e. The summed E-state index contributed by atoms with van der Waals surface area (Å²) in [6.45, 7) is 1.17. The summed E-state index contributed by atoms with van der Waals surface area (Å²) in [5.74, 6) is -2.07. The molecular weight excluding hydrogens is 243 g/mol. The molecule has 1 rings (SSSR count). The van der Waals surface area contributed by atoms with Gasteiger partial charge in [0.05, 0.1) is 17.7 Å². The molecule has 0 saturated carbocycles. The van der Waals surface area contributed by atoms with E-state index in [0.29, 0.717) is 16.8 Å². The summed E-state index contributed by atoms with van der Waals surface area (Å²) in [4.78, 5) is 0. The maximum atomic E-state index is 12.4. The maximum Gasteiger partial charge on any atom is 0.406 e. The number of aryl methyl sites for hydroxylation is 1. The second-order valence-corrected chi connectivity index (χ2v) is 3.75. The van der Waals surface area contributed by atoms with Crippen molar-refractivity contribution in [3.63, 3.8) is 0 Å². The van der Waals surface area contributed by atoms with Crippen LogP contribution in [0.3, 0.4) is 0 Å². The van der Waals surface area contributed by atoms with Gasteiger partial charge in [0.15, 0.2) is 5.92 Å².